The van der Waals surface area contributed by atoms with Crippen molar-refractivity contribution in [3.8, 4) is 11.3 Å². The molecule has 0 spiro atoms. The van der Waals surface area contributed by atoms with Crippen LogP contribution in [0.5, 0.6) is 0 Å². The van der Waals surface area contributed by atoms with Crippen molar-refractivity contribution in [1.82, 2.24) is 14.5 Å². The van der Waals surface area contributed by atoms with Crippen LogP contribution in [-0.2, 0) is 6.54 Å². The Hall–Kier alpha value is -3.94. The number of nitrogens with zero attached hydrogens (tertiary/aromatic N) is 3. The Bertz CT molecular complexity index is 1350. The summed E-state index contributed by atoms with van der Waals surface area (Å²) >= 11 is 0. The minimum absolute atomic E-state index is 0.162. The van der Waals surface area contributed by atoms with Crippen molar-refractivity contribution < 1.29 is 14.3 Å². The maximum atomic E-state index is 14.5. The lowest BCUT2D eigenvalue weighted by atomic mass is 10.00. The molecule has 2 aromatic carbocycles. The smallest absolute Gasteiger partial charge is 0.336 e. The van der Waals surface area contributed by atoms with E-state index in [1.54, 1.807) is 25.1 Å². The molecule has 0 aliphatic heterocycles. The van der Waals surface area contributed by atoms with Gasteiger partial charge in [0.25, 0.3) is 0 Å². The highest BCUT2D eigenvalue weighted by atomic mass is 19.1. The van der Waals surface area contributed by atoms with E-state index < -0.39 is 5.97 Å². The van der Waals surface area contributed by atoms with E-state index in [1.165, 1.54) is 18.5 Å². The van der Waals surface area contributed by atoms with Gasteiger partial charge in [0.1, 0.15) is 18.0 Å². The first kappa shape index (κ1) is 21.3. The molecule has 164 valence electrons. The Morgan fingerprint density at radius 2 is 1.94 bits per heavy atom. The second-order valence-electron chi connectivity index (χ2n) is 7.78. The molecule has 0 saturated carbocycles. The van der Waals surface area contributed by atoms with Crippen molar-refractivity contribution in [3.05, 3.63) is 70.9 Å². The van der Waals surface area contributed by atoms with E-state index in [0.717, 1.165) is 16.6 Å². The predicted octanol–water partition coefficient (Wildman–Crippen LogP) is 4.56. The molecule has 32 heavy (non-hydrogen) atoms. The number of fused-ring (bicyclic) bond motifs is 1. The third-order valence-electron chi connectivity index (χ3n) is 5.76. The molecule has 8 heteroatoms. The van der Waals surface area contributed by atoms with Crippen LogP contribution in [0.15, 0.2) is 42.7 Å². The van der Waals surface area contributed by atoms with Crippen LogP contribution in [0, 0.1) is 26.6 Å². The van der Waals surface area contributed by atoms with Crippen LogP contribution in [-0.4, -0.2) is 32.2 Å². The number of carbonyl (C=O) groups is 1. The van der Waals surface area contributed by atoms with Crippen molar-refractivity contribution in [2.24, 2.45) is 0 Å². The average Bonchev–Trinajstić information content (AvgIpc) is 3.10. The Morgan fingerprint density at radius 1 is 1.16 bits per heavy atom. The van der Waals surface area contributed by atoms with Gasteiger partial charge >= 0.3 is 5.97 Å². The molecule has 0 unspecified atom stereocenters. The summed E-state index contributed by atoms with van der Waals surface area (Å²) in [5.41, 5.74) is 11.1. The highest BCUT2D eigenvalue weighted by Crippen LogP contribution is 2.30. The first-order valence-electron chi connectivity index (χ1n) is 10.2. The molecule has 0 aliphatic carbocycles. The van der Waals surface area contributed by atoms with E-state index in [9.17, 15) is 14.3 Å². The molecule has 0 aliphatic rings. The van der Waals surface area contributed by atoms with Crippen LogP contribution in [0.25, 0.3) is 22.2 Å². The quantitative estimate of drug-likeness (QED) is 0.385. The molecule has 7 nitrogen and oxygen atoms in total. The minimum Gasteiger partial charge on any atom is -0.478 e. The van der Waals surface area contributed by atoms with Crippen LogP contribution < -0.4 is 11.1 Å². The zero-order valence-corrected chi connectivity index (χ0v) is 18.1. The Kier molecular flexibility index (Phi) is 5.52. The summed E-state index contributed by atoms with van der Waals surface area (Å²) in [5, 5.41) is 13.4. The number of anilines is 2. The fourth-order valence-electron chi connectivity index (χ4n) is 3.97. The summed E-state index contributed by atoms with van der Waals surface area (Å²) in [6.45, 7) is 6.70. The number of nitrogens with one attached hydrogen (secondary N) is 1. The lowest BCUT2D eigenvalue weighted by Gasteiger charge is -2.13. The maximum Gasteiger partial charge on any atom is 0.336 e. The molecule has 0 radical (unpaired) electrons. The van der Waals surface area contributed by atoms with Gasteiger partial charge in [-0.1, -0.05) is 6.07 Å². The van der Waals surface area contributed by atoms with E-state index in [0.29, 0.717) is 46.9 Å². The van der Waals surface area contributed by atoms with Gasteiger partial charge in [0, 0.05) is 41.5 Å². The number of rotatable bonds is 6. The molecule has 0 saturated heterocycles. The predicted molar refractivity (Wildman–Crippen MR) is 123 cm³/mol. The summed E-state index contributed by atoms with van der Waals surface area (Å²) in [5.74, 6) is -0.663. The van der Waals surface area contributed by atoms with Gasteiger partial charge < -0.3 is 20.7 Å². The Labute approximate surface area is 184 Å². The molecule has 2 heterocycles. The lowest BCUT2D eigenvalue weighted by Crippen LogP contribution is -2.13. The summed E-state index contributed by atoms with van der Waals surface area (Å²) in [6, 6.07) is 10.2. The number of nitrogen functional groups attached to an aromatic ring is 1. The number of halogens is 1. The van der Waals surface area contributed by atoms with Gasteiger partial charge in [-0.15, -0.1) is 0 Å². The van der Waals surface area contributed by atoms with Gasteiger partial charge in [-0.25, -0.2) is 19.2 Å². The largest absolute Gasteiger partial charge is 0.478 e. The number of hydrogen-bond acceptors (Lipinski definition) is 5. The zero-order valence-electron chi connectivity index (χ0n) is 18.1. The SMILES string of the molecule is Cc1c(C(=O)O)ccc(-c2cc(NCCn3c(C)cc4c(C)ccc(F)c43)ncn2)c1N. The van der Waals surface area contributed by atoms with Crippen LogP contribution in [0.4, 0.5) is 15.9 Å². The topological polar surface area (TPSA) is 106 Å². The average molecular weight is 433 g/mol. The molecule has 0 amide bonds. The number of aryl methyl sites for hydroxylation is 2. The van der Waals surface area contributed by atoms with Gasteiger partial charge in [0.15, 0.2) is 0 Å². The van der Waals surface area contributed by atoms with Crippen molar-refractivity contribution in [1.29, 1.82) is 0 Å². The highest BCUT2D eigenvalue weighted by molar-refractivity contribution is 5.94. The first-order valence-corrected chi connectivity index (χ1v) is 10.2. The molecule has 4 rings (SSSR count). The van der Waals surface area contributed by atoms with E-state index in [1.807, 2.05) is 24.5 Å². The number of benzene rings is 2. The van der Waals surface area contributed by atoms with Gasteiger partial charge in [0.05, 0.1) is 16.8 Å². The molecule has 0 bridgehead atoms. The number of aromatic carboxylic acids is 1. The van der Waals surface area contributed by atoms with E-state index in [-0.39, 0.29) is 11.4 Å². The van der Waals surface area contributed by atoms with Crippen LogP contribution in [0.1, 0.15) is 27.2 Å². The standard InChI is InChI=1S/C24H24FN5O2/c1-13-4-7-19(25)23-18(13)10-14(2)30(23)9-8-27-21-11-20(28-12-29-21)17-6-5-16(24(31)32)15(3)22(17)26/h4-7,10-12H,8-9,26H2,1-3H3,(H,31,32)(H,27,28,29). The van der Waals surface area contributed by atoms with E-state index in [2.05, 4.69) is 15.3 Å². The number of nitrogens with two attached hydrogens (primary N) is 1. The van der Waals surface area contributed by atoms with E-state index in [4.69, 9.17) is 5.73 Å². The second-order valence-corrected chi connectivity index (χ2v) is 7.78. The molecular weight excluding hydrogens is 409 g/mol. The van der Waals surface area contributed by atoms with Crippen molar-refractivity contribution in [2.45, 2.75) is 27.3 Å². The molecule has 0 atom stereocenters. The van der Waals surface area contributed by atoms with Gasteiger partial charge in [-0.05, 0) is 56.2 Å². The minimum atomic E-state index is -1.02. The number of carboxylic acid groups (broad SMARTS) is 1. The number of hydrogen-bond donors (Lipinski definition) is 3. The molecule has 0 fully saturated rings. The van der Waals surface area contributed by atoms with Crippen molar-refractivity contribution >= 4 is 28.4 Å². The van der Waals surface area contributed by atoms with Gasteiger partial charge in [-0.3, -0.25) is 0 Å². The molecule has 4 aromatic rings. The second kappa shape index (κ2) is 8.30. The summed E-state index contributed by atoms with van der Waals surface area (Å²) in [7, 11) is 0. The number of aromatic nitrogens is 3. The van der Waals surface area contributed by atoms with Gasteiger partial charge in [-0.2, -0.15) is 0 Å². The maximum absolute atomic E-state index is 14.5. The van der Waals surface area contributed by atoms with Gasteiger partial charge in [0.2, 0.25) is 0 Å². The lowest BCUT2D eigenvalue weighted by molar-refractivity contribution is 0.0696. The summed E-state index contributed by atoms with van der Waals surface area (Å²) in [6.07, 6.45) is 1.43. The molecule has 2 aromatic heterocycles. The molecule has 4 N–H and O–H groups in total. The fourth-order valence-corrected chi connectivity index (χ4v) is 3.97. The summed E-state index contributed by atoms with van der Waals surface area (Å²) in [4.78, 5) is 19.9. The van der Waals surface area contributed by atoms with Crippen LogP contribution in [0.2, 0.25) is 0 Å². The van der Waals surface area contributed by atoms with Crippen LogP contribution in [0.3, 0.4) is 0 Å². The van der Waals surface area contributed by atoms with Crippen molar-refractivity contribution in [2.75, 3.05) is 17.6 Å². The van der Waals surface area contributed by atoms with Crippen molar-refractivity contribution in [3.63, 3.8) is 0 Å². The zero-order chi connectivity index (χ0) is 23.0. The monoisotopic (exact) mass is 433 g/mol. The normalized spacial score (nSPS) is 11.1. The summed E-state index contributed by atoms with van der Waals surface area (Å²) < 4.78 is 16.4. The number of carboxylic acids is 1. The third kappa shape index (κ3) is 3.75. The Morgan fingerprint density at radius 3 is 2.69 bits per heavy atom. The fraction of sp³-hybridized carbons (Fsp3) is 0.208. The van der Waals surface area contributed by atoms with Crippen LogP contribution >= 0.6 is 0 Å². The highest BCUT2D eigenvalue weighted by Gasteiger charge is 2.15. The Balaban J connectivity index is 1.55. The van der Waals surface area contributed by atoms with E-state index >= 15 is 0 Å². The molecular formula is C24H24FN5O2. The third-order valence-corrected chi connectivity index (χ3v) is 5.76. The first-order chi connectivity index (χ1) is 15.3.